The number of carbonyl (C=O) groups excluding carboxylic acids is 2. The molecule has 2 rings (SSSR count). The third-order valence-corrected chi connectivity index (χ3v) is 4.31. The van der Waals surface area contributed by atoms with Gasteiger partial charge in [0.05, 0.1) is 5.56 Å². The molecule has 0 saturated carbocycles. The van der Waals surface area contributed by atoms with E-state index >= 15 is 0 Å². The van der Waals surface area contributed by atoms with Crippen molar-refractivity contribution in [2.45, 2.75) is 11.8 Å². The molecule has 0 atom stereocenters. The summed E-state index contributed by atoms with van der Waals surface area (Å²) in [7, 11) is 0. The number of carbonyl (C=O) groups is 2. The van der Waals surface area contributed by atoms with Gasteiger partial charge >= 0.3 is 0 Å². The minimum atomic E-state index is -0.545. The first-order chi connectivity index (χ1) is 9.61. The Bertz CT molecular complexity index is 620. The molecule has 104 valence electrons. The summed E-state index contributed by atoms with van der Waals surface area (Å²) in [6.07, 6.45) is 0. The maximum Gasteiger partial charge on any atom is 0.256 e. The number of thiophene rings is 1. The highest BCUT2D eigenvalue weighted by molar-refractivity contribution is 7.99. The molecular weight excluding hydrogens is 292 g/mol. The lowest BCUT2D eigenvalue weighted by molar-refractivity contribution is 0.100. The van der Waals surface area contributed by atoms with Gasteiger partial charge in [-0.3, -0.25) is 9.59 Å². The maximum atomic E-state index is 12.1. The standard InChI is InChI=1S/C14H14N2O2S2/c1-2-19-10-5-3-9(4-6-10)13(18)16-14-11(12(15)17)7-8-20-14/h3-8H,2H2,1H3,(H2,15,17)(H,16,18). The van der Waals surface area contributed by atoms with Gasteiger partial charge in [0.15, 0.2) is 0 Å². The van der Waals surface area contributed by atoms with E-state index in [4.69, 9.17) is 5.73 Å². The van der Waals surface area contributed by atoms with Gasteiger partial charge < -0.3 is 11.1 Å². The fraction of sp³-hybridized carbons (Fsp3) is 0.143. The molecular formula is C14H14N2O2S2. The molecule has 0 aliphatic heterocycles. The lowest BCUT2D eigenvalue weighted by Gasteiger charge is -2.05. The summed E-state index contributed by atoms with van der Waals surface area (Å²) in [4.78, 5) is 24.4. The van der Waals surface area contributed by atoms with Crippen molar-refractivity contribution in [2.75, 3.05) is 11.1 Å². The molecule has 0 radical (unpaired) electrons. The molecule has 0 saturated heterocycles. The van der Waals surface area contributed by atoms with E-state index < -0.39 is 5.91 Å². The summed E-state index contributed by atoms with van der Waals surface area (Å²) < 4.78 is 0. The van der Waals surface area contributed by atoms with Gasteiger partial charge in [0.25, 0.3) is 11.8 Å². The van der Waals surface area contributed by atoms with Gasteiger partial charge in [-0.1, -0.05) is 6.92 Å². The Kier molecular flexibility index (Phi) is 4.81. The average Bonchev–Trinajstić information content (AvgIpc) is 2.88. The predicted molar refractivity (Wildman–Crippen MR) is 83.6 cm³/mol. The van der Waals surface area contributed by atoms with Crippen molar-refractivity contribution >= 4 is 39.9 Å². The number of hydrogen-bond donors (Lipinski definition) is 2. The molecule has 20 heavy (non-hydrogen) atoms. The number of rotatable bonds is 5. The number of benzene rings is 1. The van der Waals surface area contributed by atoms with Crippen molar-refractivity contribution in [3.63, 3.8) is 0 Å². The number of hydrogen-bond acceptors (Lipinski definition) is 4. The minimum Gasteiger partial charge on any atom is -0.366 e. The zero-order valence-corrected chi connectivity index (χ0v) is 12.5. The zero-order chi connectivity index (χ0) is 14.5. The van der Waals surface area contributed by atoms with E-state index in [1.165, 1.54) is 11.3 Å². The van der Waals surface area contributed by atoms with Crippen LogP contribution in [0.15, 0.2) is 40.6 Å². The van der Waals surface area contributed by atoms with Crippen LogP contribution >= 0.6 is 23.1 Å². The van der Waals surface area contributed by atoms with Gasteiger partial charge in [-0.25, -0.2) is 0 Å². The van der Waals surface area contributed by atoms with Gasteiger partial charge in [0, 0.05) is 10.5 Å². The SMILES string of the molecule is CCSc1ccc(C(=O)Nc2sccc2C(N)=O)cc1. The molecule has 1 heterocycles. The smallest absolute Gasteiger partial charge is 0.256 e. The highest BCUT2D eigenvalue weighted by atomic mass is 32.2. The van der Waals surface area contributed by atoms with Crippen LogP contribution in [0.5, 0.6) is 0 Å². The summed E-state index contributed by atoms with van der Waals surface area (Å²) in [6.45, 7) is 2.08. The molecule has 0 aliphatic carbocycles. The maximum absolute atomic E-state index is 12.1. The Morgan fingerprint density at radius 2 is 1.95 bits per heavy atom. The molecule has 3 N–H and O–H groups in total. The summed E-state index contributed by atoms with van der Waals surface area (Å²) in [5, 5.41) is 4.91. The van der Waals surface area contributed by atoms with E-state index in [0.717, 1.165) is 10.6 Å². The van der Waals surface area contributed by atoms with Crippen LogP contribution < -0.4 is 11.1 Å². The van der Waals surface area contributed by atoms with Crippen molar-refractivity contribution in [2.24, 2.45) is 5.73 Å². The number of primary amides is 1. The van der Waals surface area contributed by atoms with Gasteiger partial charge in [-0.15, -0.1) is 23.1 Å². The van der Waals surface area contributed by atoms with Crippen LogP contribution in [0.4, 0.5) is 5.00 Å². The quantitative estimate of drug-likeness (QED) is 0.833. The fourth-order valence-electron chi connectivity index (χ4n) is 1.64. The average molecular weight is 306 g/mol. The van der Waals surface area contributed by atoms with Crippen LogP contribution in [-0.2, 0) is 0 Å². The first kappa shape index (κ1) is 14.6. The predicted octanol–water partition coefficient (Wildman–Crippen LogP) is 3.21. The molecule has 1 aromatic carbocycles. The molecule has 0 fully saturated rings. The second kappa shape index (κ2) is 6.58. The van der Waals surface area contributed by atoms with Crippen LogP contribution in [-0.4, -0.2) is 17.6 Å². The Labute approximate surface area is 125 Å². The Morgan fingerprint density at radius 3 is 2.55 bits per heavy atom. The molecule has 0 spiro atoms. The van der Waals surface area contributed by atoms with Crippen molar-refractivity contribution in [3.8, 4) is 0 Å². The van der Waals surface area contributed by atoms with Crippen molar-refractivity contribution in [3.05, 3.63) is 46.8 Å². The number of thioether (sulfide) groups is 1. The number of amides is 2. The Hall–Kier alpha value is -1.79. The van der Waals surface area contributed by atoms with E-state index in [9.17, 15) is 9.59 Å². The fourth-order valence-corrected chi connectivity index (χ4v) is 3.09. The highest BCUT2D eigenvalue weighted by Gasteiger charge is 2.13. The lowest BCUT2D eigenvalue weighted by Crippen LogP contribution is -2.16. The molecule has 2 amide bonds. The first-order valence-electron chi connectivity index (χ1n) is 6.03. The van der Waals surface area contributed by atoms with Crippen LogP contribution in [0.3, 0.4) is 0 Å². The van der Waals surface area contributed by atoms with Gasteiger partial charge in [0.1, 0.15) is 5.00 Å². The van der Waals surface area contributed by atoms with E-state index in [1.54, 1.807) is 35.3 Å². The molecule has 0 aliphatic rings. The van der Waals surface area contributed by atoms with Gasteiger partial charge in [-0.2, -0.15) is 0 Å². The third kappa shape index (κ3) is 3.40. The summed E-state index contributed by atoms with van der Waals surface area (Å²) >= 11 is 2.99. The summed E-state index contributed by atoms with van der Waals surface area (Å²) in [6, 6.07) is 8.96. The molecule has 0 bridgehead atoms. The normalized spacial score (nSPS) is 10.2. The monoisotopic (exact) mass is 306 g/mol. The summed E-state index contributed by atoms with van der Waals surface area (Å²) in [5.74, 6) is 0.196. The van der Waals surface area contributed by atoms with E-state index in [1.807, 2.05) is 12.1 Å². The van der Waals surface area contributed by atoms with Gasteiger partial charge in [0.2, 0.25) is 0 Å². The summed E-state index contributed by atoms with van der Waals surface area (Å²) in [5.41, 5.74) is 6.13. The number of nitrogens with two attached hydrogens (primary N) is 1. The van der Waals surface area contributed by atoms with E-state index in [0.29, 0.717) is 16.1 Å². The van der Waals surface area contributed by atoms with Gasteiger partial charge in [-0.05, 0) is 41.5 Å². The topological polar surface area (TPSA) is 72.2 Å². The second-order valence-electron chi connectivity index (χ2n) is 3.94. The van der Waals surface area contributed by atoms with Crippen molar-refractivity contribution < 1.29 is 9.59 Å². The Morgan fingerprint density at radius 1 is 1.25 bits per heavy atom. The van der Waals surface area contributed by atoms with Crippen LogP contribution in [0.25, 0.3) is 0 Å². The first-order valence-corrected chi connectivity index (χ1v) is 7.90. The molecule has 1 aromatic heterocycles. The van der Waals surface area contributed by atoms with Crippen molar-refractivity contribution in [1.82, 2.24) is 0 Å². The number of anilines is 1. The van der Waals surface area contributed by atoms with Crippen molar-refractivity contribution in [1.29, 1.82) is 0 Å². The molecule has 2 aromatic rings. The van der Waals surface area contributed by atoms with E-state index in [2.05, 4.69) is 12.2 Å². The van der Waals surface area contributed by atoms with Crippen LogP contribution in [0.1, 0.15) is 27.6 Å². The molecule has 4 nitrogen and oxygen atoms in total. The minimum absolute atomic E-state index is 0.247. The lowest BCUT2D eigenvalue weighted by atomic mass is 10.2. The zero-order valence-electron chi connectivity index (χ0n) is 10.9. The molecule has 6 heteroatoms. The second-order valence-corrected chi connectivity index (χ2v) is 6.19. The van der Waals surface area contributed by atoms with E-state index in [-0.39, 0.29) is 5.91 Å². The number of nitrogens with one attached hydrogen (secondary N) is 1. The van der Waals surface area contributed by atoms with Crippen LogP contribution in [0, 0.1) is 0 Å². The largest absolute Gasteiger partial charge is 0.366 e. The molecule has 0 unspecified atom stereocenters. The Balaban J connectivity index is 2.11. The third-order valence-electron chi connectivity index (χ3n) is 2.59. The van der Waals surface area contributed by atoms with Crippen LogP contribution in [0.2, 0.25) is 0 Å². The highest BCUT2D eigenvalue weighted by Crippen LogP contribution is 2.24.